The summed E-state index contributed by atoms with van der Waals surface area (Å²) in [5, 5.41) is 18.9. The quantitative estimate of drug-likeness (QED) is 0.601. The second-order valence-electron chi connectivity index (χ2n) is 9.60. The van der Waals surface area contributed by atoms with E-state index in [1.54, 1.807) is 60.2 Å². The SMILES string of the molecule is C[C@@H]1CN([C@@H](C)CO)S(=O)(=O)c2ccc(-c3ccc(C#N)cc3)cc2O[C@@H]1CN(C)C(=O)CN(C)C. The van der Waals surface area contributed by atoms with E-state index in [1.165, 1.54) is 10.4 Å². The summed E-state index contributed by atoms with van der Waals surface area (Å²) in [4.78, 5) is 16.0. The minimum absolute atomic E-state index is 0.0133. The number of sulfonamides is 1. The zero-order valence-corrected chi connectivity index (χ0v) is 22.2. The van der Waals surface area contributed by atoms with Gasteiger partial charge in [0.2, 0.25) is 15.9 Å². The summed E-state index contributed by atoms with van der Waals surface area (Å²) in [5.41, 5.74) is 2.07. The van der Waals surface area contributed by atoms with E-state index in [2.05, 4.69) is 6.07 Å². The Morgan fingerprint density at radius 2 is 1.83 bits per heavy atom. The van der Waals surface area contributed by atoms with Crippen LogP contribution in [0.15, 0.2) is 47.4 Å². The highest BCUT2D eigenvalue weighted by atomic mass is 32.2. The standard InChI is InChI=1S/C26H34N4O5S/c1-18-14-30(19(2)17-31)36(33,34)25-11-10-22(21-8-6-20(13-27)7-9-21)12-23(25)35-24(18)15-29(5)26(32)16-28(3)4/h6-12,18-19,24,31H,14-17H2,1-5H3/t18-,19+,24-/m1/s1. The van der Waals surface area contributed by atoms with Gasteiger partial charge in [0.05, 0.1) is 31.3 Å². The third-order valence-electron chi connectivity index (χ3n) is 6.35. The lowest BCUT2D eigenvalue weighted by Gasteiger charge is -2.37. The van der Waals surface area contributed by atoms with Crippen LogP contribution < -0.4 is 4.74 Å². The highest BCUT2D eigenvalue weighted by Gasteiger charge is 2.38. The van der Waals surface area contributed by atoms with Crippen LogP contribution in [-0.2, 0) is 14.8 Å². The number of likely N-dealkylation sites (N-methyl/N-ethyl adjacent to an activating group) is 2. The molecule has 2 aromatic carbocycles. The van der Waals surface area contributed by atoms with Gasteiger partial charge < -0.3 is 19.6 Å². The normalized spacial score (nSPS) is 20.4. The van der Waals surface area contributed by atoms with Crippen molar-refractivity contribution >= 4 is 15.9 Å². The van der Waals surface area contributed by atoms with Gasteiger partial charge in [-0.1, -0.05) is 25.1 Å². The molecule has 0 radical (unpaired) electrons. The summed E-state index contributed by atoms with van der Waals surface area (Å²) < 4.78 is 34.9. The van der Waals surface area contributed by atoms with E-state index < -0.39 is 22.2 Å². The Balaban J connectivity index is 2.07. The van der Waals surface area contributed by atoms with Crippen molar-refractivity contribution in [1.29, 1.82) is 5.26 Å². The van der Waals surface area contributed by atoms with E-state index in [4.69, 9.17) is 10.00 Å². The Hall–Kier alpha value is -2.97. The summed E-state index contributed by atoms with van der Waals surface area (Å²) >= 11 is 0. The molecule has 1 N–H and O–H groups in total. The second-order valence-corrected chi connectivity index (χ2v) is 11.5. The van der Waals surface area contributed by atoms with E-state index >= 15 is 0 Å². The molecule has 10 heteroatoms. The molecule has 0 spiro atoms. The molecule has 0 unspecified atom stereocenters. The van der Waals surface area contributed by atoms with Crippen molar-refractivity contribution in [3.05, 3.63) is 48.0 Å². The highest BCUT2D eigenvalue weighted by Crippen LogP contribution is 2.36. The topological polar surface area (TPSA) is 114 Å². The van der Waals surface area contributed by atoms with Gasteiger partial charge in [-0.3, -0.25) is 4.79 Å². The van der Waals surface area contributed by atoms with Gasteiger partial charge in [0, 0.05) is 25.6 Å². The molecule has 9 nitrogen and oxygen atoms in total. The van der Waals surface area contributed by atoms with Gasteiger partial charge in [0.15, 0.2) is 0 Å². The molecule has 1 amide bonds. The van der Waals surface area contributed by atoms with Crippen LogP contribution in [0, 0.1) is 17.2 Å². The van der Waals surface area contributed by atoms with Crippen molar-refractivity contribution in [2.45, 2.75) is 30.9 Å². The van der Waals surface area contributed by atoms with Gasteiger partial charge in [-0.05, 0) is 56.4 Å². The smallest absolute Gasteiger partial charge is 0.247 e. The van der Waals surface area contributed by atoms with Crippen LogP contribution in [0.4, 0.5) is 0 Å². The monoisotopic (exact) mass is 514 g/mol. The number of fused-ring (bicyclic) bond motifs is 1. The Morgan fingerprint density at radius 3 is 2.42 bits per heavy atom. The Kier molecular flexibility index (Phi) is 8.74. The number of aliphatic hydroxyl groups is 1. The summed E-state index contributed by atoms with van der Waals surface area (Å²) in [7, 11) is 1.39. The predicted octanol–water partition coefficient (Wildman–Crippen LogP) is 2.01. The first-order chi connectivity index (χ1) is 17.0. The van der Waals surface area contributed by atoms with Crippen LogP contribution in [0.1, 0.15) is 19.4 Å². The molecule has 1 aliphatic heterocycles. The average molecular weight is 515 g/mol. The minimum Gasteiger partial charge on any atom is -0.487 e. The maximum atomic E-state index is 13.6. The van der Waals surface area contributed by atoms with Crippen molar-refractivity contribution in [1.82, 2.24) is 14.1 Å². The van der Waals surface area contributed by atoms with Crippen LogP contribution in [0.2, 0.25) is 0 Å². The molecule has 3 rings (SSSR count). The summed E-state index contributed by atoms with van der Waals surface area (Å²) in [6.07, 6.45) is -0.486. The van der Waals surface area contributed by atoms with Gasteiger partial charge in [0.25, 0.3) is 0 Å². The van der Waals surface area contributed by atoms with E-state index in [9.17, 15) is 18.3 Å². The average Bonchev–Trinajstić information content (AvgIpc) is 2.85. The fraction of sp³-hybridized carbons (Fsp3) is 0.462. The molecule has 1 heterocycles. The maximum absolute atomic E-state index is 13.6. The molecule has 0 bridgehead atoms. The number of hydrogen-bond acceptors (Lipinski definition) is 7. The number of benzene rings is 2. The maximum Gasteiger partial charge on any atom is 0.247 e. The van der Waals surface area contributed by atoms with Gasteiger partial charge in [0.1, 0.15) is 16.7 Å². The van der Waals surface area contributed by atoms with Gasteiger partial charge in [-0.2, -0.15) is 9.57 Å². The van der Waals surface area contributed by atoms with E-state index in [1.807, 2.05) is 21.0 Å². The van der Waals surface area contributed by atoms with Crippen LogP contribution in [0.5, 0.6) is 5.75 Å². The molecule has 0 saturated carbocycles. The molecular weight excluding hydrogens is 480 g/mol. The largest absolute Gasteiger partial charge is 0.487 e. The van der Waals surface area contributed by atoms with Gasteiger partial charge in [-0.15, -0.1) is 0 Å². The van der Waals surface area contributed by atoms with Crippen molar-refractivity contribution in [2.75, 3.05) is 47.4 Å². The van der Waals surface area contributed by atoms with Crippen LogP contribution in [0.25, 0.3) is 11.1 Å². The molecule has 0 aromatic heterocycles. The first-order valence-electron chi connectivity index (χ1n) is 11.8. The van der Waals surface area contributed by atoms with Crippen LogP contribution in [-0.4, -0.2) is 93.1 Å². The predicted molar refractivity (Wildman–Crippen MR) is 137 cm³/mol. The summed E-state index contributed by atoms with van der Waals surface area (Å²) in [6, 6.07) is 13.4. The number of ether oxygens (including phenoxy) is 1. The lowest BCUT2D eigenvalue weighted by molar-refractivity contribution is -0.132. The molecule has 3 atom stereocenters. The number of rotatable bonds is 7. The number of nitrogens with zero attached hydrogens (tertiary/aromatic N) is 4. The first-order valence-corrected chi connectivity index (χ1v) is 13.2. The van der Waals surface area contributed by atoms with E-state index in [-0.39, 0.29) is 48.7 Å². The fourth-order valence-electron chi connectivity index (χ4n) is 4.12. The zero-order chi connectivity index (χ0) is 26.6. The molecule has 1 aliphatic rings. The van der Waals surface area contributed by atoms with Gasteiger partial charge in [-0.25, -0.2) is 8.42 Å². The Labute approximate surface area is 213 Å². The number of nitriles is 1. The van der Waals surface area contributed by atoms with Gasteiger partial charge >= 0.3 is 0 Å². The Bertz CT molecular complexity index is 1220. The molecule has 2 aromatic rings. The summed E-state index contributed by atoms with van der Waals surface area (Å²) in [5.74, 6) is -0.148. The minimum atomic E-state index is -3.96. The molecule has 0 fully saturated rings. The molecule has 36 heavy (non-hydrogen) atoms. The van der Waals surface area contributed by atoms with Crippen LogP contribution >= 0.6 is 0 Å². The molecule has 0 aliphatic carbocycles. The zero-order valence-electron chi connectivity index (χ0n) is 21.4. The Morgan fingerprint density at radius 1 is 1.19 bits per heavy atom. The lowest BCUT2D eigenvalue weighted by atomic mass is 10.0. The highest BCUT2D eigenvalue weighted by molar-refractivity contribution is 7.89. The fourth-order valence-corrected chi connectivity index (χ4v) is 5.95. The third-order valence-corrected chi connectivity index (χ3v) is 8.37. The van der Waals surface area contributed by atoms with E-state index in [0.717, 1.165) is 11.1 Å². The van der Waals surface area contributed by atoms with Crippen molar-refractivity contribution in [2.24, 2.45) is 5.92 Å². The number of hydrogen-bond donors (Lipinski definition) is 1. The molecule has 194 valence electrons. The van der Waals surface area contributed by atoms with Crippen molar-refractivity contribution < 1.29 is 23.1 Å². The third kappa shape index (κ3) is 6.05. The molecule has 0 saturated heterocycles. The second kappa shape index (κ2) is 11.4. The van der Waals surface area contributed by atoms with Crippen LogP contribution in [0.3, 0.4) is 0 Å². The number of aliphatic hydroxyl groups excluding tert-OH is 1. The first kappa shape index (κ1) is 27.6. The van der Waals surface area contributed by atoms with E-state index in [0.29, 0.717) is 5.56 Å². The number of amides is 1. The van der Waals surface area contributed by atoms with Crippen molar-refractivity contribution in [3.8, 4) is 22.9 Å². The summed E-state index contributed by atoms with van der Waals surface area (Å²) in [6.45, 7) is 3.89. The molecular formula is C26H34N4O5S. The number of carbonyl (C=O) groups is 1. The number of carbonyl (C=O) groups excluding carboxylic acids is 1. The lowest BCUT2D eigenvalue weighted by Crippen LogP contribution is -2.50. The van der Waals surface area contributed by atoms with Crippen molar-refractivity contribution in [3.63, 3.8) is 0 Å².